The molecule has 1 heterocycles. The van der Waals surface area contributed by atoms with Crippen LogP contribution in [-0.2, 0) is 9.53 Å². The van der Waals surface area contributed by atoms with Crippen molar-refractivity contribution in [1.29, 1.82) is 0 Å². The zero-order chi connectivity index (χ0) is 17.4. The Labute approximate surface area is 150 Å². The second-order valence-corrected chi connectivity index (χ2v) is 8.85. The van der Waals surface area contributed by atoms with Crippen LogP contribution in [0.2, 0.25) is 0 Å². The van der Waals surface area contributed by atoms with Crippen LogP contribution in [0.15, 0.2) is 0 Å². The van der Waals surface area contributed by atoms with Crippen molar-refractivity contribution in [1.82, 2.24) is 15.5 Å². The van der Waals surface area contributed by atoms with Crippen LogP contribution in [0, 0.1) is 17.8 Å². The number of carbonyl (C=O) groups excluding carboxylic acids is 2. The molecule has 4 bridgehead atoms. The Morgan fingerprint density at radius 2 is 1.76 bits per heavy atom. The fourth-order valence-electron chi connectivity index (χ4n) is 6.03. The highest BCUT2D eigenvalue weighted by Gasteiger charge is 2.51. The minimum absolute atomic E-state index is 0.0302. The summed E-state index contributed by atoms with van der Waals surface area (Å²) in [4.78, 5) is 26.4. The Bertz CT molecular complexity index is 501. The van der Waals surface area contributed by atoms with Gasteiger partial charge in [0.05, 0.1) is 12.7 Å². The van der Waals surface area contributed by atoms with E-state index in [1.165, 1.54) is 19.3 Å². The van der Waals surface area contributed by atoms with E-state index >= 15 is 0 Å². The zero-order valence-electron chi connectivity index (χ0n) is 15.3. The number of hydrogen-bond acceptors (Lipinski definition) is 3. The predicted octanol–water partition coefficient (Wildman–Crippen LogP) is 1.89. The van der Waals surface area contributed by atoms with E-state index in [1.807, 2.05) is 11.8 Å². The molecule has 1 saturated heterocycles. The third-order valence-corrected chi connectivity index (χ3v) is 6.64. The first-order valence-corrected chi connectivity index (χ1v) is 9.97. The molecule has 5 aliphatic rings. The molecule has 6 heteroatoms. The first kappa shape index (κ1) is 17.1. The molecule has 0 aromatic carbocycles. The number of nitrogens with zero attached hydrogens (tertiary/aromatic N) is 1. The van der Waals surface area contributed by atoms with Crippen LogP contribution in [0.1, 0.15) is 51.9 Å². The summed E-state index contributed by atoms with van der Waals surface area (Å²) in [6.07, 6.45) is 8.02. The highest BCUT2D eigenvalue weighted by atomic mass is 16.5. The molecule has 4 aliphatic carbocycles. The van der Waals surface area contributed by atoms with Gasteiger partial charge >= 0.3 is 6.03 Å². The fraction of sp³-hybridized carbons (Fsp3) is 0.895. The summed E-state index contributed by atoms with van der Waals surface area (Å²) in [6.45, 7) is 4.30. The van der Waals surface area contributed by atoms with E-state index in [2.05, 4.69) is 10.6 Å². The van der Waals surface area contributed by atoms with Crippen molar-refractivity contribution in [2.75, 3.05) is 26.2 Å². The zero-order valence-corrected chi connectivity index (χ0v) is 15.3. The van der Waals surface area contributed by atoms with Crippen LogP contribution in [0.3, 0.4) is 0 Å². The van der Waals surface area contributed by atoms with E-state index in [0.717, 1.165) is 37.0 Å². The van der Waals surface area contributed by atoms with Gasteiger partial charge in [-0.25, -0.2) is 4.79 Å². The maximum atomic E-state index is 12.4. The summed E-state index contributed by atoms with van der Waals surface area (Å²) < 4.78 is 5.46. The van der Waals surface area contributed by atoms with E-state index in [1.54, 1.807) is 0 Å². The smallest absolute Gasteiger partial charge is 0.315 e. The minimum atomic E-state index is -0.0925. The van der Waals surface area contributed by atoms with Crippen LogP contribution < -0.4 is 10.6 Å². The number of rotatable bonds is 4. The number of morpholine rings is 1. The number of hydrogen-bond donors (Lipinski definition) is 2. The van der Waals surface area contributed by atoms with Crippen molar-refractivity contribution < 1.29 is 14.3 Å². The lowest BCUT2D eigenvalue weighted by Crippen LogP contribution is -2.61. The lowest BCUT2D eigenvalue weighted by atomic mass is 9.53. The molecule has 1 aliphatic heterocycles. The van der Waals surface area contributed by atoms with Crippen molar-refractivity contribution in [3.8, 4) is 0 Å². The van der Waals surface area contributed by atoms with Crippen LogP contribution in [0.25, 0.3) is 0 Å². The van der Waals surface area contributed by atoms with Crippen LogP contribution in [0.5, 0.6) is 0 Å². The van der Waals surface area contributed by atoms with Gasteiger partial charge in [-0.15, -0.1) is 0 Å². The predicted molar refractivity (Wildman–Crippen MR) is 94.0 cm³/mol. The van der Waals surface area contributed by atoms with Crippen molar-refractivity contribution in [3.63, 3.8) is 0 Å². The standard InChI is InChI=1S/C19H31N3O3/c1-13-12-22(4-5-25-13)17(23)2-3-20-18(24)21-19-9-14-6-15(10-19)8-16(7-14)11-19/h13-16H,2-12H2,1H3,(H2,20,21,24). The average molecular weight is 349 g/mol. The fourth-order valence-corrected chi connectivity index (χ4v) is 6.03. The maximum absolute atomic E-state index is 12.4. The molecule has 140 valence electrons. The Hall–Kier alpha value is -1.30. The molecule has 2 N–H and O–H groups in total. The summed E-state index contributed by atoms with van der Waals surface area (Å²) in [5, 5.41) is 6.20. The largest absolute Gasteiger partial charge is 0.375 e. The summed E-state index contributed by atoms with van der Waals surface area (Å²) >= 11 is 0. The molecule has 3 amide bonds. The van der Waals surface area contributed by atoms with E-state index in [4.69, 9.17) is 4.74 Å². The van der Waals surface area contributed by atoms with Gasteiger partial charge < -0.3 is 20.3 Å². The lowest BCUT2D eigenvalue weighted by Gasteiger charge is -2.56. The van der Waals surface area contributed by atoms with Crippen LogP contribution in [-0.4, -0.2) is 54.7 Å². The molecule has 1 unspecified atom stereocenters. The highest BCUT2D eigenvalue weighted by Crippen LogP contribution is 2.55. The minimum Gasteiger partial charge on any atom is -0.375 e. The van der Waals surface area contributed by atoms with Crippen molar-refractivity contribution in [2.24, 2.45) is 17.8 Å². The van der Waals surface area contributed by atoms with E-state index in [0.29, 0.717) is 32.7 Å². The topological polar surface area (TPSA) is 70.7 Å². The van der Waals surface area contributed by atoms with E-state index in [-0.39, 0.29) is 23.6 Å². The number of amides is 3. The van der Waals surface area contributed by atoms with Gasteiger partial charge in [-0.05, 0) is 63.2 Å². The number of carbonyl (C=O) groups is 2. The molecule has 1 atom stereocenters. The molecule has 0 spiro atoms. The molecule has 6 nitrogen and oxygen atoms in total. The molecule has 4 saturated carbocycles. The maximum Gasteiger partial charge on any atom is 0.315 e. The van der Waals surface area contributed by atoms with E-state index < -0.39 is 0 Å². The lowest BCUT2D eigenvalue weighted by molar-refractivity contribution is -0.137. The van der Waals surface area contributed by atoms with Gasteiger partial charge in [0.15, 0.2) is 0 Å². The average Bonchev–Trinajstić information content (AvgIpc) is 2.52. The third-order valence-electron chi connectivity index (χ3n) is 6.64. The monoisotopic (exact) mass is 349 g/mol. The van der Waals surface area contributed by atoms with Gasteiger partial charge in [-0.1, -0.05) is 0 Å². The molecule has 0 radical (unpaired) electrons. The Kier molecular flexibility index (Phi) is 4.65. The number of urea groups is 1. The van der Waals surface area contributed by atoms with Gasteiger partial charge in [-0.3, -0.25) is 4.79 Å². The second kappa shape index (κ2) is 6.78. The Morgan fingerprint density at radius 1 is 1.12 bits per heavy atom. The van der Waals surface area contributed by atoms with Crippen LogP contribution in [0.4, 0.5) is 4.79 Å². The van der Waals surface area contributed by atoms with Gasteiger partial charge in [0.1, 0.15) is 0 Å². The second-order valence-electron chi connectivity index (χ2n) is 8.85. The molecule has 25 heavy (non-hydrogen) atoms. The molecular weight excluding hydrogens is 318 g/mol. The summed E-state index contributed by atoms with van der Waals surface area (Å²) in [5.74, 6) is 2.55. The van der Waals surface area contributed by atoms with Gasteiger partial charge in [0.2, 0.25) is 5.91 Å². The van der Waals surface area contributed by atoms with Gasteiger partial charge in [0.25, 0.3) is 0 Å². The third kappa shape index (κ3) is 3.78. The molecule has 5 fully saturated rings. The SMILES string of the molecule is CC1CN(C(=O)CCNC(=O)NC23CC4CC(CC(C4)C2)C3)CCO1. The molecule has 5 rings (SSSR count). The number of nitrogens with one attached hydrogen (secondary N) is 2. The number of ether oxygens (including phenoxy) is 1. The first-order chi connectivity index (χ1) is 12.0. The summed E-state index contributed by atoms with van der Waals surface area (Å²) in [6, 6.07) is -0.0925. The Balaban J connectivity index is 1.21. The quantitative estimate of drug-likeness (QED) is 0.814. The molecular formula is C19H31N3O3. The van der Waals surface area contributed by atoms with Crippen molar-refractivity contribution in [3.05, 3.63) is 0 Å². The van der Waals surface area contributed by atoms with Gasteiger partial charge in [0, 0.05) is 31.6 Å². The summed E-state index contributed by atoms with van der Waals surface area (Å²) in [7, 11) is 0. The highest BCUT2D eigenvalue weighted by molar-refractivity contribution is 5.78. The molecule has 0 aromatic heterocycles. The normalized spacial score (nSPS) is 39.3. The van der Waals surface area contributed by atoms with Gasteiger partial charge in [-0.2, -0.15) is 0 Å². The Morgan fingerprint density at radius 3 is 2.36 bits per heavy atom. The van der Waals surface area contributed by atoms with Crippen LogP contribution >= 0.6 is 0 Å². The summed E-state index contributed by atoms with van der Waals surface area (Å²) in [5.41, 5.74) is 0.0302. The molecule has 0 aromatic rings. The first-order valence-electron chi connectivity index (χ1n) is 9.97. The van der Waals surface area contributed by atoms with Crippen molar-refractivity contribution in [2.45, 2.75) is 63.5 Å². The van der Waals surface area contributed by atoms with Crippen molar-refractivity contribution >= 4 is 11.9 Å². The van der Waals surface area contributed by atoms with E-state index in [9.17, 15) is 9.59 Å².